The molecule has 4 aromatic carbocycles. The Labute approximate surface area is 292 Å². The summed E-state index contributed by atoms with van der Waals surface area (Å²) in [4.78, 5) is 18.6. The van der Waals surface area contributed by atoms with Crippen LogP contribution in [-0.4, -0.2) is 57.4 Å². The Morgan fingerprint density at radius 2 is 1.64 bits per heavy atom. The topological polar surface area (TPSA) is 124 Å². The highest BCUT2D eigenvalue weighted by Crippen LogP contribution is 2.42. The van der Waals surface area contributed by atoms with Gasteiger partial charge in [0.05, 0.1) is 30.5 Å². The summed E-state index contributed by atoms with van der Waals surface area (Å²) < 4.78 is 13.3. The van der Waals surface area contributed by atoms with E-state index in [0.29, 0.717) is 30.8 Å². The van der Waals surface area contributed by atoms with Crippen molar-refractivity contribution in [1.29, 1.82) is 0 Å². The number of rotatable bonds is 12. The van der Waals surface area contributed by atoms with E-state index in [1.165, 1.54) is 0 Å². The first-order valence-electron chi connectivity index (χ1n) is 16.8. The van der Waals surface area contributed by atoms with Gasteiger partial charge >= 0.3 is 0 Å². The molecule has 0 radical (unpaired) electrons. The van der Waals surface area contributed by atoms with Crippen LogP contribution in [0.4, 0.5) is 0 Å². The molecule has 1 aromatic heterocycles. The molecule has 258 valence electrons. The van der Waals surface area contributed by atoms with Gasteiger partial charge in [-0.3, -0.25) is 9.78 Å². The SMILES string of the molecule is C[C@H]1[C@@H](CN(C)C[C@@H](O)c2cccc(O)c2)O[C@@H](c2ccc(-c3cccc(CNC(=O)c4cccnc4)c3)cc2)O[C@H]1c1ccc(CO)cc1. The standard InChI is InChI=1S/C41H43N3O6/c1-27-38(25-44(2)24-37(47)34-8-4-10-36(46)21-34)49-41(50-39(27)31-13-11-28(26-45)12-14-31)32-17-15-30(16-18-32)33-7-3-6-29(20-33)22-43-40(48)35-9-5-19-42-23-35/h3-21,23,27,37-39,41,45-47H,22,24-26H2,1-2H3,(H,43,48)/t27-,37+,38+,39+,41+/m0/s1. The van der Waals surface area contributed by atoms with E-state index in [2.05, 4.69) is 23.3 Å². The minimum absolute atomic E-state index is 0.0211. The number of hydrogen-bond donors (Lipinski definition) is 4. The predicted octanol–water partition coefficient (Wildman–Crippen LogP) is 6.33. The van der Waals surface area contributed by atoms with Gasteiger partial charge in [-0.15, -0.1) is 0 Å². The van der Waals surface area contributed by atoms with Crippen molar-refractivity contribution < 1.29 is 29.6 Å². The number of benzene rings is 4. The Balaban J connectivity index is 1.17. The smallest absolute Gasteiger partial charge is 0.253 e. The highest BCUT2D eigenvalue weighted by molar-refractivity contribution is 5.93. The van der Waals surface area contributed by atoms with Gasteiger partial charge in [-0.05, 0) is 70.8 Å². The lowest BCUT2D eigenvalue weighted by molar-refractivity contribution is -0.276. The molecule has 0 unspecified atom stereocenters. The van der Waals surface area contributed by atoms with Crippen molar-refractivity contribution in [3.05, 3.63) is 155 Å². The predicted molar refractivity (Wildman–Crippen MR) is 191 cm³/mol. The zero-order valence-electron chi connectivity index (χ0n) is 28.2. The van der Waals surface area contributed by atoms with Gasteiger partial charge in [0, 0.05) is 43.5 Å². The van der Waals surface area contributed by atoms with Crippen LogP contribution in [0.1, 0.15) is 63.6 Å². The number of hydrogen-bond acceptors (Lipinski definition) is 8. The van der Waals surface area contributed by atoms with Crippen molar-refractivity contribution in [3.63, 3.8) is 0 Å². The summed E-state index contributed by atoms with van der Waals surface area (Å²) in [5.74, 6) is -0.0748. The van der Waals surface area contributed by atoms with Crippen LogP contribution in [-0.2, 0) is 22.6 Å². The molecule has 1 amide bonds. The number of pyridine rings is 1. The van der Waals surface area contributed by atoms with Gasteiger partial charge in [0.1, 0.15) is 5.75 Å². The van der Waals surface area contributed by atoms with Crippen LogP contribution in [0.15, 0.2) is 122 Å². The van der Waals surface area contributed by atoms with Crippen molar-refractivity contribution in [2.24, 2.45) is 5.92 Å². The van der Waals surface area contributed by atoms with Crippen molar-refractivity contribution in [2.75, 3.05) is 20.1 Å². The number of aliphatic hydroxyl groups is 2. The third-order valence-corrected chi connectivity index (χ3v) is 9.17. The van der Waals surface area contributed by atoms with Crippen molar-refractivity contribution >= 4 is 5.91 Å². The Kier molecular flexibility index (Phi) is 11.3. The number of likely N-dealkylation sites (N-methyl/N-ethyl adjacent to an activating group) is 1. The van der Waals surface area contributed by atoms with Crippen molar-refractivity contribution in [3.8, 4) is 16.9 Å². The fourth-order valence-corrected chi connectivity index (χ4v) is 6.32. The average molecular weight is 674 g/mol. The summed E-state index contributed by atoms with van der Waals surface area (Å²) in [7, 11) is 1.95. The zero-order chi connectivity index (χ0) is 35.0. The molecule has 9 nitrogen and oxygen atoms in total. The van der Waals surface area contributed by atoms with Crippen LogP contribution in [0.5, 0.6) is 5.75 Å². The Morgan fingerprint density at radius 3 is 2.36 bits per heavy atom. The second-order valence-electron chi connectivity index (χ2n) is 12.9. The number of ether oxygens (including phenoxy) is 2. The number of phenols is 1. The molecule has 0 bridgehead atoms. The van der Waals surface area contributed by atoms with E-state index >= 15 is 0 Å². The maximum absolute atomic E-state index is 12.5. The number of nitrogens with zero attached hydrogens (tertiary/aromatic N) is 2. The zero-order valence-corrected chi connectivity index (χ0v) is 28.2. The molecule has 0 spiro atoms. The Morgan fingerprint density at radius 1 is 0.880 bits per heavy atom. The lowest BCUT2D eigenvalue weighted by Gasteiger charge is -2.42. The minimum Gasteiger partial charge on any atom is -0.508 e. The van der Waals surface area contributed by atoms with Crippen LogP contribution >= 0.6 is 0 Å². The summed E-state index contributed by atoms with van der Waals surface area (Å²) in [6.45, 7) is 3.38. The van der Waals surface area contributed by atoms with Crippen LogP contribution in [0.3, 0.4) is 0 Å². The molecule has 5 aromatic rings. The molecular formula is C41H43N3O6. The van der Waals surface area contributed by atoms with Crippen LogP contribution < -0.4 is 5.32 Å². The summed E-state index contributed by atoms with van der Waals surface area (Å²) in [6.07, 6.45) is 1.28. The van der Waals surface area contributed by atoms with Crippen LogP contribution in [0.25, 0.3) is 11.1 Å². The molecule has 1 aliphatic rings. The van der Waals surface area contributed by atoms with Crippen molar-refractivity contribution in [1.82, 2.24) is 15.2 Å². The number of carbonyl (C=O) groups is 1. The largest absolute Gasteiger partial charge is 0.508 e. The quantitative estimate of drug-likeness (QED) is 0.121. The summed E-state index contributed by atoms with van der Waals surface area (Å²) >= 11 is 0. The fourth-order valence-electron chi connectivity index (χ4n) is 6.32. The summed E-state index contributed by atoms with van der Waals surface area (Å²) in [5.41, 5.74) is 6.90. The molecule has 0 saturated carbocycles. The molecule has 4 N–H and O–H groups in total. The minimum atomic E-state index is -0.775. The van der Waals surface area contributed by atoms with Crippen LogP contribution in [0, 0.1) is 5.92 Å². The molecular weight excluding hydrogens is 630 g/mol. The maximum atomic E-state index is 12.5. The van der Waals surface area contributed by atoms with Gasteiger partial charge < -0.3 is 35.0 Å². The average Bonchev–Trinajstić information content (AvgIpc) is 3.15. The van der Waals surface area contributed by atoms with Gasteiger partial charge in [0.15, 0.2) is 6.29 Å². The summed E-state index contributed by atoms with van der Waals surface area (Å²) in [5, 5.41) is 33.3. The Bertz CT molecular complexity index is 1850. The molecule has 6 rings (SSSR count). The highest BCUT2D eigenvalue weighted by Gasteiger charge is 2.39. The van der Waals surface area contributed by atoms with Gasteiger partial charge in [0.2, 0.25) is 0 Å². The molecule has 1 aliphatic heterocycles. The fraction of sp³-hybridized carbons (Fsp3) is 0.268. The Hall–Kier alpha value is -4.90. The first-order chi connectivity index (χ1) is 24.3. The van der Waals surface area contributed by atoms with E-state index in [4.69, 9.17) is 9.47 Å². The number of aliphatic hydroxyl groups excluding tert-OH is 2. The molecule has 5 atom stereocenters. The summed E-state index contributed by atoms with van der Waals surface area (Å²) in [6, 6.07) is 34.2. The van der Waals surface area contributed by atoms with Gasteiger partial charge in [-0.2, -0.15) is 0 Å². The number of aromatic hydroxyl groups is 1. The number of amides is 1. The van der Waals surface area contributed by atoms with Gasteiger partial charge in [-0.25, -0.2) is 0 Å². The molecule has 9 heteroatoms. The van der Waals surface area contributed by atoms with E-state index in [9.17, 15) is 20.1 Å². The molecule has 1 fully saturated rings. The molecule has 0 aliphatic carbocycles. The normalized spacial score (nSPS) is 19.6. The number of carbonyl (C=O) groups excluding carboxylic acids is 1. The first kappa shape index (κ1) is 34.9. The first-order valence-corrected chi connectivity index (χ1v) is 16.8. The maximum Gasteiger partial charge on any atom is 0.253 e. The lowest BCUT2D eigenvalue weighted by Crippen LogP contribution is -2.44. The second-order valence-corrected chi connectivity index (χ2v) is 12.9. The van der Waals surface area contributed by atoms with Crippen molar-refractivity contribution in [2.45, 2.75) is 44.7 Å². The monoisotopic (exact) mass is 673 g/mol. The van der Waals surface area contributed by atoms with Crippen LogP contribution in [0.2, 0.25) is 0 Å². The molecule has 1 saturated heterocycles. The number of aromatic nitrogens is 1. The second kappa shape index (κ2) is 16.2. The van der Waals surface area contributed by atoms with E-state index in [0.717, 1.165) is 33.4 Å². The van der Waals surface area contributed by atoms with Gasteiger partial charge in [0.25, 0.3) is 5.91 Å². The third kappa shape index (κ3) is 8.63. The molecule has 50 heavy (non-hydrogen) atoms. The van der Waals surface area contributed by atoms with E-state index in [-0.39, 0.29) is 36.4 Å². The van der Waals surface area contributed by atoms with E-state index in [1.807, 2.05) is 78.7 Å². The van der Waals surface area contributed by atoms with E-state index < -0.39 is 12.4 Å². The highest BCUT2D eigenvalue weighted by atomic mass is 16.7. The number of phenolic OH excluding ortho intramolecular Hbond substituents is 1. The third-order valence-electron chi connectivity index (χ3n) is 9.17. The van der Waals surface area contributed by atoms with E-state index in [1.54, 1.807) is 48.8 Å². The molecule has 2 heterocycles. The lowest BCUT2D eigenvalue weighted by atomic mass is 9.90. The van der Waals surface area contributed by atoms with Gasteiger partial charge in [-0.1, -0.05) is 85.8 Å². The number of nitrogens with one attached hydrogen (secondary N) is 1.